The van der Waals surface area contributed by atoms with Crippen LogP contribution in [0.15, 0.2) is 29.3 Å². The molecule has 2 rings (SSSR count). The number of rotatable bonds is 6. The minimum Gasteiger partial charge on any atom is -0.370 e. The molecule has 3 N–H and O–H groups in total. The zero-order chi connectivity index (χ0) is 17.5. The highest BCUT2D eigenvalue weighted by atomic mass is 127. The summed E-state index contributed by atoms with van der Waals surface area (Å²) in [5, 5.41) is 3.19. The van der Waals surface area contributed by atoms with Gasteiger partial charge in [-0.2, -0.15) is 0 Å². The Balaban J connectivity index is 0.00000312. The van der Waals surface area contributed by atoms with Crippen molar-refractivity contribution in [3.63, 3.8) is 0 Å². The van der Waals surface area contributed by atoms with E-state index in [-0.39, 0.29) is 24.0 Å². The van der Waals surface area contributed by atoms with Crippen LogP contribution in [0.5, 0.6) is 0 Å². The summed E-state index contributed by atoms with van der Waals surface area (Å²) in [6.45, 7) is 11.9. The Kier molecular flexibility index (Phi) is 9.74. The van der Waals surface area contributed by atoms with E-state index in [1.165, 1.54) is 5.56 Å². The number of benzene rings is 1. The standard InChI is InChI=1S/C19H33N5.HI/c1-5-15(2)17-6-8-18(9-7-17)22-19(20)21-14-16(3)24-12-10-23(4)11-13-24;/h6-9,15-16H,5,10-14H2,1-4H3,(H3,20,21,22);1H. The van der Waals surface area contributed by atoms with Crippen LogP contribution in [0.2, 0.25) is 0 Å². The second-order valence-electron chi connectivity index (χ2n) is 6.97. The highest BCUT2D eigenvalue weighted by Crippen LogP contribution is 2.20. The summed E-state index contributed by atoms with van der Waals surface area (Å²) in [5.74, 6) is 1.08. The van der Waals surface area contributed by atoms with E-state index in [0.717, 1.165) is 44.8 Å². The molecule has 0 saturated carbocycles. The number of nitrogens with one attached hydrogen (secondary N) is 1. The molecule has 0 bridgehead atoms. The van der Waals surface area contributed by atoms with Gasteiger partial charge in [-0.1, -0.05) is 26.0 Å². The lowest BCUT2D eigenvalue weighted by atomic mass is 9.99. The minimum absolute atomic E-state index is 0. The first kappa shape index (κ1) is 22.2. The number of guanidine groups is 1. The van der Waals surface area contributed by atoms with Gasteiger partial charge < -0.3 is 16.0 Å². The lowest BCUT2D eigenvalue weighted by Gasteiger charge is -2.35. The SMILES string of the molecule is CCC(C)c1ccc(NC(N)=NCC(C)N2CCN(C)CC2)cc1.I. The van der Waals surface area contributed by atoms with E-state index in [1.54, 1.807) is 0 Å². The second-order valence-corrected chi connectivity index (χ2v) is 6.97. The number of hydrogen-bond donors (Lipinski definition) is 2. The molecule has 1 aliphatic heterocycles. The first-order valence-corrected chi connectivity index (χ1v) is 9.09. The Bertz CT molecular complexity index is 523. The van der Waals surface area contributed by atoms with E-state index in [1.807, 2.05) is 0 Å². The smallest absolute Gasteiger partial charge is 0.193 e. The van der Waals surface area contributed by atoms with E-state index in [0.29, 0.717) is 17.9 Å². The van der Waals surface area contributed by atoms with Gasteiger partial charge >= 0.3 is 0 Å². The maximum absolute atomic E-state index is 6.04. The van der Waals surface area contributed by atoms with Crippen molar-refractivity contribution in [3.8, 4) is 0 Å². The number of nitrogens with zero attached hydrogens (tertiary/aromatic N) is 3. The number of anilines is 1. The van der Waals surface area contributed by atoms with Crippen molar-refractivity contribution in [2.24, 2.45) is 10.7 Å². The molecule has 0 spiro atoms. The molecular formula is C19H34IN5. The van der Waals surface area contributed by atoms with Crippen LogP contribution < -0.4 is 11.1 Å². The monoisotopic (exact) mass is 459 g/mol. The van der Waals surface area contributed by atoms with Crippen LogP contribution in [-0.2, 0) is 0 Å². The lowest BCUT2D eigenvalue weighted by Crippen LogP contribution is -2.49. The minimum atomic E-state index is 0. The van der Waals surface area contributed by atoms with Crippen LogP contribution in [0.4, 0.5) is 5.69 Å². The third kappa shape index (κ3) is 7.11. The van der Waals surface area contributed by atoms with Gasteiger partial charge in [-0.3, -0.25) is 9.89 Å². The molecule has 0 amide bonds. The Morgan fingerprint density at radius 1 is 1.16 bits per heavy atom. The highest BCUT2D eigenvalue weighted by molar-refractivity contribution is 14.0. The van der Waals surface area contributed by atoms with Crippen molar-refractivity contribution in [2.45, 2.75) is 39.2 Å². The molecule has 0 radical (unpaired) electrons. The molecule has 1 aromatic carbocycles. The van der Waals surface area contributed by atoms with Gasteiger partial charge in [-0.15, -0.1) is 24.0 Å². The number of piperazine rings is 1. The van der Waals surface area contributed by atoms with E-state index in [9.17, 15) is 0 Å². The summed E-state index contributed by atoms with van der Waals surface area (Å²) in [5.41, 5.74) is 8.40. The molecule has 1 heterocycles. The Morgan fingerprint density at radius 3 is 2.32 bits per heavy atom. The van der Waals surface area contributed by atoms with Crippen LogP contribution in [0.1, 0.15) is 38.7 Å². The first-order valence-electron chi connectivity index (χ1n) is 9.09. The second kappa shape index (κ2) is 11.0. The Morgan fingerprint density at radius 2 is 1.76 bits per heavy atom. The van der Waals surface area contributed by atoms with Gasteiger partial charge in [0.15, 0.2) is 5.96 Å². The summed E-state index contributed by atoms with van der Waals surface area (Å²) in [4.78, 5) is 9.37. The van der Waals surface area contributed by atoms with Crippen LogP contribution in [0.3, 0.4) is 0 Å². The summed E-state index contributed by atoms with van der Waals surface area (Å²) in [7, 11) is 2.18. The molecule has 2 unspecified atom stereocenters. The topological polar surface area (TPSA) is 56.9 Å². The van der Waals surface area contributed by atoms with E-state index in [4.69, 9.17) is 5.73 Å². The molecule has 1 saturated heterocycles. The maximum Gasteiger partial charge on any atom is 0.193 e. The van der Waals surface area contributed by atoms with Crippen LogP contribution in [0, 0.1) is 0 Å². The van der Waals surface area contributed by atoms with Gasteiger partial charge in [0.2, 0.25) is 0 Å². The zero-order valence-electron chi connectivity index (χ0n) is 16.0. The molecule has 0 aromatic heterocycles. The van der Waals surface area contributed by atoms with Crippen molar-refractivity contribution in [3.05, 3.63) is 29.8 Å². The number of hydrogen-bond acceptors (Lipinski definition) is 3. The van der Waals surface area contributed by atoms with Gasteiger partial charge in [0.1, 0.15) is 0 Å². The van der Waals surface area contributed by atoms with Gasteiger partial charge in [-0.05, 0) is 44.0 Å². The molecule has 6 heteroatoms. The summed E-state index contributed by atoms with van der Waals surface area (Å²) < 4.78 is 0. The van der Waals surface area contributed by atoms with Crippen molar-refractivity contribution in [1.82, 2.24) is 9.80 Å². The average molecular weight is 459 g/mol. The summed E-state index contributed by atoms with van der Waals surface area (Å²) >= 11 is 0. The van der Waals surface area contributed by atoms with Gasteiger partial charge in [0.05, 0.1) is 6.54 Å². The quantitative estimate of drug-likeness (QED) is 0.390. The predicted octanol–water partition coefficient (Wildman–Crippen LogP) is 3.18. The molecule has 1 aromatic rings. The molecular weight excluding hydrogens is 425 g/mol. The van der Waals surface area contributed by atoms with Gasteiger partial charge in [-0.25, -0.2) is 0 Å². The predicted molar refractivity (Wildman–Crippen MR) is 119 cm³/mol. The number of aliphatic imine (C=N–C) groups is 1. The third-order valence-corrected chi connectivity index (χ3v) is 5.05. The Hall–Kier alpha value is -0.860. The fourth-order valence-corrected chi connectivity index (χ4v) is 2.93. The highest BCUT2D eigenvalue weighted by Gasteiger charge is 2.18. The van der Waals surface area contributed by atoms with Crippen LogP contribution in [0.25, 0.3) is 0 Å². The normalized spacial score (nSPS) is 19.1. The maximum atomic E-state index is 6.04. The molecule has 0 aliphatic carbocycles. The van der Waals surface area contributed by atoms with Crippen molar-refractivity contribution < 1.29 is 0 Å². The Labute approximate surface area is 170 Å². The molecule has 25 heavy (non-hydrogen) atoms. The molecule has 2 atom stereocenters. The third-order valence-electron chi connectivity index (χ3n) is 5.05. The van der Waals surface area contributed by atoms with Crippen molar-refractivity contribution in [1.29, 1.82) is 0 Å². The first-order chi connectivity index (χ1) is 11.5. The molecule has 1 aliphatic rings. The fourth-order valence-electron chi connectivity index (χ4n) is 2.93. The summed E-state index contributed by atoms with van der Waals surface area (Å²) in [6.07, 6.45) is 1.15. The lowest BCUT2D eigenvalue weighted by molar-refractivity contribution is 0.122. The largest absolute Gasteiger partial charge is 0.370 e. The molecule has 5 nitrogen and oxygen atoms in total. The van der Waals surface area contributed by atoms with Crippen LogP contribution in [-0.4, -0.2) is 61.6 Å². The van der Waals surface area contributed by atoms with Crippen molar-refractivity contribution >= 4 is 35.6 Å². The summed E-state index contributed by atoms with van der Waals surface area (Å²) in [6, 6.07) is 8.90. The number of nitrogens with two attached hydrogens (primary N) is 1. The van der Waals surface area contributed by atoms with Crippen LogP contribution >= 0.6 is 24.0 Å². The molecule has 1 fully saturated rings. The van der Waals surface area contributed by atoms with Gasteiger partial charge in [0.25, 0.3) is 0 Å². The van der Waals surface area contributed by atoms with Crippen molar-refractivity contribution in [2.75, 3.05) is 45.1 Å². The fraction of sp³-hybridized carbons (Fsp3) is 0.632. The number of likely N-dealkylation sites (N-methyl/N-ethyl adjacent to an activating group) is 1. The number of halogens is 1. The van der Waals surface area contributed by atoms with E-state index >= 15 is 0 Å². The van der Waals surface area contributed by atoms with E-state index < -0.39 is 0 Å². The molecule has 142 valence electrons. The van der Waals surface area contributed by atoms with Gasteiger partial charge in [0, 0.05) is 37.9 Å². The average Bonchev–Trinajstić information content (AvgIpc) is 2.60. The van der Waals surface area contributed by atoms with E-state index in [2.05, 4.69) is 72.2 Å². The zero-order valence-corrected chi connectivity index (χ0v) is 18.4.